The molecule has 31 heavy (non-hydrogen) atoms. The molecule has 1 aliphatic carbocycles. The fourth-order valence-corrected chi connectivity index (χ4v) is 5.29. The van der Waals surface area contributed by atoms with Crippen molar-refractivity contribution in [1.29, 1.82) is 0 Å². The zero-order valence-electron chi connectivity index (χ0n) is 18.4. The second-order valence-corrected chi connectivity index (χ2v) is 9.49. The zero-order chi connectivity index (χ0) is 22.2. The number of fused-ring (bicyclic) bond motifs is 1. The van der Waals surface area contributed by atoms with Crippen molar-refractivity contribution in [2.75, 3.05) is 26.9 Å². The molecule has 5 atom stereocenters. The van der Waals surface area contributed by atoms with E-state index in [9.17, 15) is 14.4 Å². The molecule has 2 aliphatic heterocycles. The average Bonchev–Trinajstić information content (AvgIpc) is 3.18. The van der Waals surface area contributed by atoms with Crippen molar-refractivity contribution in [3.63, 3.8) is 0 Å². The highest BCUT2D eigenvalue weighted by Crippen LogP contribution is 2.65. The number of pyridine rings is 1. The van der Waals surface area contributed by atoms with E-state index in [2.05, 4.69) is 24.1 Å². The number of nitrogens with zero attached hydrogens (tertiary/aromatic N) is 2. The van der Waals surface area contributed by atoms with Crippen LogP contribution in [0.1, 0.15) is 32.4 Å². The van der Waals surface area contributed by atoms with Crippen LogP contribution in [0.15, 0.2) is 24.4 Å². The van der Waals surface area contributed by atoms with E-state index in [4.69, 9.17) is 9.47 Å². The van der Waals surface area contributed by atoms with Crippen LogP contribution < -0.4 is 5.32 Å². The second kappa shape index (κ2) is 8.57. The van der Waals surface area contributed by atoms with Gasteiger partial charge < -0.3 is 19.7 Å². The number of aromatic nitrogens is 1. The van der Waals surface area contributed by atoms with Crippen LogP contribution in [0.2, 0.25) is 0 Å². The smallest absolute Gasteiger partial charge is 0.328 e. The van der Waals surface area contributed by atoms with E-state index in [1.807, 2.05) is 18.2 Å². The normalized spacial score (nSPS) is 29.2. The van der Waals surface area contributed by atoms with E-state index in [0.29, 0.717) is 31.9 Å². The predicted molar refractivity (Wildman–Crippen MR) is 112 cm³/mol. The van der Waals surface area contributed by atoms with Crippen LogP contribution in [0, 0.1) is 23.2 Å². The van der Waals surface area contributed by atoms with Crippen LogP contribution in [0.4, 0.5) is 0 Å². The summed E-state index contributed by atoms with van der Waals surface area (Å²) in [6.45, 7) is 5.98. The number of piperidine rings is 1. The molecule has 168 valence electrons. The summed E-state index contributed by atoms with van der Waals surface area (Å²) in [6.07, 6.45) is 3.11. The molecule has 3 heterocycles. The second-order valence-electron chi connectivity index (χ2n) is 9.49. The third-order valence-electron chi connectivity index (χ3n) is 7.21. The van der Waals surface area contributed by atoms with Gasteiger partial charge in [-0.05, 0) is 35.8 Å². The lowest BCUT2D eigenvalue weighted by Crippen LogP contribution is -2.55. The Kier molecular flexibility index (Phi) is 6.01. The quantitative estimate of drug-likeness (QED) is 0.654. The minimum Gasteiger partial charge on any atom is -0.467 e. The highest BCUT2D eigenvalue weighted by Gasteiger charge is 2.70. The molecule has 8 heteroatoms. The molecule has 0 radical (unpaired) electrons. The van der Waals surface area contributed by atoms with Crippen molar-refractivity contribution in [2.45, 2.75) is 45.2 Å². The molecule has 2 saturated heterocycles. The minimum atomic E-state index is -0.780. The fourth-order valence-electron chi connectivity index (χ4n) is 5.29. The molecular weight excluding hydrogens is 398 g/mol. The SMILES string of the molecule is COC(=O)[C@@H]1[C@@H]2[C@H](CN1C(=O)[C@H](Cc1ccccn1)NC(=O)CC1CCOC1)C2(C)C. The molecule has 0 aromatic carbocycles. The van der Waals surface area contributed by atoms with Gasteiger partial charge in [0.05, 0.1) is 7.11 Å². The van der Waals surface area contributed by atoms with Gasteiger partial charge >= 0.3 is 5.97 Å². The van der Waals surface area contributed by atoms with Gasteiger partial charge in [-0.2, -0.15) is 0 Å². The van der Waals surface area contributed by atoms with E-state index in [1.54, 1.807) is 11.1 Å². The summed E-state index contributed by atoms with van der Waals surface area (Å²) in [4.78, 5) is 44.8. The largest absolute Gasteiger partial charge is 0.467 e. The molecule has 1 aromatic rings. The van der Waals surface area contributed by atoms with E-state index < -0.39 is 18.1 Å². The summed E-state index contributed by atoms with van der Waals surface area (Å²) in [6, 6.07) is 4.11. The number of ether oxygens (including phenoxy) is 2. The molecule has 1 N–H and O–H groups in total. The van der Waals surface area contributed by atoms with Crippen LogP contribution in [-0.4, -0.2) is 66.6 Å². The van der Waals surface area contributed by atoms with Gasteiger partial charge in [0.1, 0.15) is 12.1 Å². The maximum atomic E-state index is 13.6. The molecular formula is C23H31N3O5. The number of methoxy groups -OCH3 is 1. The summed E-state index contributed by atoms with van der Waals surface area (Å²) < 4.78 is 10.4. The van der Waals surface area contributed by atoms with Gasteiger partial charge in [-0.15, -0.1) is 0 Å². The Balaban J connectivity index is 1.51. The molecule has 1 unspecified atom stereocenters. The summed E-state index contributed by atoms with van der Waals surface area (Å²) in [5, 5.41) is 2.92. The van der Waals surface area contributed by atoms with Crippen molar-refractivity contribution < 1.29 is 23.9 Å². The van der Waals surface area contributed by atoms with Gasteiger partial charge in [0.25, 0.3) is 0 Å². The fraction of sp³-hybridized carbons (Fsp3) is 0.652. The maximum absolute atomic E-state index is 13.6. The lowest BCUT2D eigenvalue weighted by Gasteiger charge is -2.32. The Morgan fingerprint density at radius 3 is 2.81 bits per heavy atom. The first-order valence-electron chi connectivity index (χ1n) is 11.0. The first-order valence-corrected chi connectivity index (χ1v) is 11.0. The van der Waals surface area contributed by atoms with Crippen molar-refractivity contribution in [3.8, 4) is 0 Å². The van der Waals surface area contributed by atoms with Crippen LogP contribution in [0.3, 0.4) is 0 Å². The number of hydrogen-bond donors (Lipinski definition) is 1. The van der Waals surface area contributed by atoms with Crippen molar-refractivity contribution in [3.05, 3.63) is 30.1 Å². The molecule has 0 spiro atoms. The summed E-state index contributed by atoms with van der Waals surface area (Å²) in [7, 11) is 1.35. The van der Waals surface area contributed by atoms with Gasteiger partial charge in [-0.1, -0.05) is 19.9 Å². The van der Waals surface area contributed by atoms with E-state index in [-0.39, 0.29) is 41.4 Å². The zero-order valence-corrected chi connectivity index (χ0v) is 18.4. The Bertz CT molecular complexity index is 837. The maximum Gasteiger partial charge on any atom is 0.328 e. The van der Waals surface area contributed by atoms with E-state index in [0.717, 1.165) is 6.42 Å². The topological polar surface area (TPSA) is 97.8 Å². The number of carbonyl (C=O) groups excluding carboxylic acids is 3. The molecule has 4 rings (SSSR count). The van der Waals surface area contributed by atoms with Crippen LogP contribution in [-0.2, 0) is 30.3 Å². The number of likely N-dealkylation sites (tertiary alicyclic amines) is 1. The van der Waals surface area contributed by atoms with Gasteiger partial charge in [-0.25, -0.2) is 4.79 Å². The molecule has 8 nitrogen and oxygen atoms in total. The molecule has 1 saturated carbocycles. The Labute approximate surface area is 182 Å². The van der Waals surface area contributed by atoms with Gasteiger partial charge in [-0.3, -0.25) is 14.6 Å². The predicted octanol–water partition coefficient (Wildman–Crippen LogP) is 1.19. The summed E-state index contributed by atoms with van der Waals surface area (Å²) in [5.41, 5.74) is 0.724. The molecule has 0 bridgehead atoms. The van der Waals surface area contributed by atoms with Gasteiger partial charge in [0.2, 0.25) is 11.8 Å². The molecule has 1 aromatic heterocycles. The number of hydrogen-bond acceptors (Lipinski definition) is 6. The number of carbonyl (C=O) groups is 3. The Morgan fingerprint density at radius 1 is 1.35 bits per heavy atom. The highest BCUT2D eigenvalue weighted by atomic mass is 16.5. The highest BCUT2D eigenvalue weighted by molar-refractivity contribution is 5.92. The van der Waals surface area contributed by atoms with Gasteiger partial charge in [0, 0.05) is 50.4 Å². The Hall–Kier alpha value is -2.48. The molecule has 3 aliphatic rings. The monoisotopic (exact) mass is 429 g/mol. The minimum absolute atomic E-state index is 0.0117. The molecule has 2 amide bonds. The van der Waals surface area contributed by atoms with E-state index in [1.165, 1.54) is 7.11 Å². The van der Waals surface area contributed by atoms with Crippen molar-refractivity contribution in [1.82, 2.24) is 15.2 Å². The lowest BCUT2D eigenvalue weighted by molar-refractivity contribution is -0.154. The first kappa shape index (κ1) is 21.7. The number of nitrogens with one attached hydrogen (secondary N) is 1. The summed E-state index contributed by atoms with van der Waals surface area (Å²) >= 11 is 0. The van der Waals surface area contributed by atoms with Crippen LogP contribution in [0.5, 0.6) is 0 Å². The Morgan fingerprint density at radius 2 is 2.16 bits per heavy atom. The first-order chi connectivity index (χ1) is 14.8. The van der Waals surface area contributed by atoms with E-state index >= 15 is 0 Å². The van der Waals surface area contributed by atoms with Crippen LogP contribution in [0.25, 0.3) is 0 Å². The number of esters is 1. The standard InChI is InChI=1S/C23H31N3O5/c1-23(2)16-12-26(20(19(16)23)22(29)30-3)21(28)17(11-15-6-4-5-8-24-15)25-18(27)10-14-7-9-31-13-14/h4-6,8,14,16-17,19-20H,7,9-13H2,1-3H3,(H,25,27)/t14?,16-,17-,19-,20-/m0/s1. The third-order valence-corrected chi connectivity index (χ3v) is 7.21. The van der Waals surface area contributed by atoms with Crippen LogP contribution >= 0.6 is 0 Å². The van der Waals surface area contributed by atoms with Crippen molar-refractivity contribution in [2.24, 2.45) is 23.2 Å². The average molecular weight is 430 g/mol. The number of amides is 2. The third kappa shape index (κ3) is 4.31. The molecule has 3 fully saturated rings. The number of rotatable bonds is 7. The summed E-state index contributed by atoms with van der Waals surface area (Å²) in [5.74, 6) is -0.289. The van der Waals surface area contributed by atoms with Crippen molar-refractivity contribution >= 4 is 17.8 Å². The van der Waals surface area contributed by atoms with Gasteiger partial charge in [0.15, 0.2) is 0 Å². The lowest BCUT2D eigenvalue weighted by atomic mass is 9.99.